The molecule has 0 spiro atoms. The minimum absolute atomic E-state index is 0.778. The van der Waals surface area contributed by atoms with E-state index in [4.69, 9.17) is 0 Å². The van der Waals surface area contributed by atoms with Crippen LogP contribution in [0.25, 0.3) is 6.08 Å². The van der Waals surface area contributed by atoms with Gasteiger partial charge in [0.15, 0.2) is 0 Å². The number of aromatic nitrogens is 1. The summed E-state index contributed by atoms with van der Waals surface area (Å²) >= 11 is 1.63. The van der Waals surface area contributed by atoms with Gasteiger partial charge in [0.05, 0.1) is 15.6 Å². The van der Waals surface area contributed by atoms with Crippen LogP contribution in [-0.4, -0.2) is 11.3 Å². The molecule has 2 nitrogen and oxygen atoms in total. The molecule has 0 aliphatic rings. The van der Waals surface area contributed by atoms with Crippen LogP contribution in [0.1, 0.15) is 28.9 Å². The van der Waals surface area contributed by atoms with Crippen LogP contribution in [0.4, 0.5) is 0 Å². The zero-order chi connectivity index (χ0) is 9.84. The molecule has 0 N–H and O–H groups in total. The van der Waals surface area contributed by atoms with Crippen molar-refractivity contribution in [2.24, 2.45) is 0 Å². The van der Waals surface area contributed by atoms with Gasteiger partial charge in [0.2, 0.25) is 0 Å². The lowest BCUT2D eigenvalue weighted by atomic mass is 10.2. The van der Waals surface area contributed by atoms with Crippen LogP contribution in [0.2, 0.25) is 0 Å². The Hall–Kier alpha value is -0.960. The van der Waals surface area contributed by atoms with Gasteiger partial charge in [-0.3, -0.25) is 4.79 Å². The number of rotatable bonds is 3. The first-order chi connectivity index (χ1) is 6.17. The highest BCUT2D eigenvalue weighted by Gasteiger charge is 2.02. The fourth-order valence-corrected chi connectivity index (χ4v) is 1.97. The van der Waals surface area contributed by atoms with Crippen molar-refractivity contribution >= 4 is 23.7 Å². The van der Waals surface area contributed by atoms with Crippen LogP contribution in [-0.2, 0) is 4.79 Å². The molecule has 0 radical (unpaired) electrons. The Morgan fingerprint density at radius 2 is 2.23 bits per heavy atom. The highest BCUT2D eigenvalue weighted by Crippen LogP contribution is 2.20. The Morgan fingerprint density at radius 1 is 1.54 bits per heavy atom. The Balaban J connectivity index is 3.01. The van der Waals surface area contributed by atoms with Crippen LogP contribution in [0.5, 0.6) is 0 Å². The monoisotopic (exact) mass is 195 g/mol. The lowest BCUT2D eigenvalue weighted by molar-refractivity contribution is -0.104. The molecule has 1 rings (SSSR count). The molecule has 0 aliphatic heterocycles. The van der Waals surface area contributed by atoms with E-state index in [-0.39, 0.29) is 0 Å². The Bertz CT molecular complexity index is 339. The second kappa shape index (κ2) is 4.33. The number of carbonyl (C=O) groups excluding carboxylic acids is 1. The van der Waals surface area contributed by atoms with Crippen LogP contribution in [0, 0.1) is 13.8 Å². The summed E-state index contributed by atoms with van der Waals surface area (Å²) in [5.74, 6) is 0. The molecule has 0 saturated heterocycles. The molecule has 0 atom stereocenters. The molecule has 13 heavy (non-hydrogen) atoms. The number of hydrogen-bond acceptors (Lipinski definition) is 3. The molecular weight excluding hydrogens is 182 g/mol. The van der Waals surface area contributed by atoms with Crippen molar-refractivity contribution in [3.05, 3.63) is 21.2 Å². The maximum atomic E-state index is 10.6. The van der Waals surface area contributed by atoms with Gasteiger partial charge in [-0.25, -0.2) is 4.98 Å². The van der Waals surface area contributed by atoms with E-state index in [9.17, 15) is 4.79 Å². The zero-order valence-corrected chi connectivity index (χ0v) is 8.94. The van der Waals surface area contributed by atoms with Crippen molar-refractivity contribution in [1.29, 1.82) is 0 Å². The molecular formula is C10H13NOS. The fourth-order valence-electron chi connectivity index (χ4n) is 1.07. The second-order valence-corrected chi connectivity index (χ2v) is 4.11. The molecule has 0 fully saturated rings. The molecule has 1 aromatic rings. The average molecular weight is 195 g/mol. The van der Waals surface area contributed by atoms with Gasteiger partial charge in [-0.05, 0) is 31.9 Å². The largest absolute Gasteiger partial charge is 0.298 e. The summed E-state index contributed by atoms with van der Waals surface area (Å²) in [6, 6.07) is 0. The smallest absolute Gasteiger partial charge is 0.146 e. The summed E-state index contributed by atoms with van der Waals surface area (Å²) in [6.07, 6.45) is 3.61. The predicted molar refractivity (Wildman–Crippen MR) is 55.9 cm³/mol. The maximum Gasteiger partial charge on any atom is 0.146 e. The van der Waals surface area contributed by atoms with Gasteiger partial charge in [-0.2, -0.15) is 0 Å². The highest BCUT2D eigenvalue weighted by atomic mass is 32.1. The molecule has 0 aliphatic carbocycles. The third-order valence-electron chi connectivity index (χ3n) is 1.82. The third-order valence-corrected chi connectivity index (χ3v) is 2.84. The molecule has 0 aromatic carbocycles. The first kappa shape index (κ1) is 10.1. The number of allylic oxidation sites excluding steroid dienone is 1. The van der Waals surface area contributed by atoms with Crippen LogP contribution in [0.3, 0.4) is 0 Å². The number of aldehydes is 1. The Kier molecular flexibility index (Phi) is 3.37. The number of aryl methyl sites for hydroxylation is 2. The summed E-state index contributed by atoms with van der Waals surface area (Å²) in [7, 11) is 0. The van der Waals surface area contributed by atoms with Gasteiger partial charge in [0.25, 0.3) is 0 Å². The molecule has 0 amide bonds. The maximum absolute atomic E-state index is 10.6. The van der Waals surface area contributed by atoms with Gasteiger partial charge < -0.3 is 0 Å². The van der Waals surface area contributed by atoms with E-state index < -0.39 is 0 Å². The summed E-state index contributed by atoms with van der Waals surface area (Å²) in [5, 5.41) is 1.05. The van der Waals surface area contributed by atoms with E-state index in [2.05, 4.69) is 4.98 Å². The summed E-state index contributed by atoms with van der Waals surface area (Å²) in [4.78, 5) is 16.0. The summed E-state index contributed by atoms with van der Waals surface area (Å²) in [5.41, 5.74) is 1.84. The number of nitrogens with zero attached hydrogens (tertiary/aromatic N) is 1. The molecule has 70 valence electrons. The second-order valence-electron chi connectivity index (χ2n) is 2.87. The standard InChI is InChI=1S/C10H13NOS/c1-4-9(6-12)5-10-7(2)11-8(3)13-10/h5-6H,4H2,1-3H3/b9-5+. The summed E-state index contributed by atoms with van der Waals surface area (Å²) < 4.78 is 0. The number of thiazole rings is 1. The highest BCUT2D eigenvalue weighted by molar-refractivity contribution is 7.12. The average Bonchev–Trinajstić information content (AvgIpc) is 2.41. The Morgan fingerprint density at radius 3 is 2.62 bits per heavy atom. The van der Waals surface area contributed by atoms with E-state index in [0.717, 1.165) is 33.9 Å². The minimum atomic E-state index is 0.778. The predicted octanol–water partition coefficient (Wildman–Crippen LogP) is 2.75. The molecule has 3 heteroatoms. The van der Waals surface area contributed by atoms with E-state index in [1.165, 1.54) is 0 Å². The van der Waals surface area contributed by atoms with Crippen LogP contribution in [0.15, 0.2) is 5.57 Å². The molecule has 0 bridgehead atoms. The van der Waals surface area contributed by atoms with Crippen molar-refractivity contribution in [2.75, 3.05) is 0 Å². The zero-order valence-electron chi connectivity index (χ0n) is 8.13. The van der Waals surface area contributed by atoms with E-state index in [0.29, 0.717) is 0 Å². The fraction of sp³-hybridized carbons (Fsp3) is 0.400. The molecule has 1 aromatic heterocycles. The van der Waals surface area contributed by atoms with Gasteiger partial charge >= 0.3 is 0 Å². The lowest BCUT2D eigenvalue weighted by Gasteiger charge is -1.92. The molecule has 0 saturated carbocycles. The van der Waals surface area contributed by atoms with Gasteiger partial charge in [-0.15, -0.1) is 11.3 Å². The number of carbonyl (C=O) groups is 1. The van der Waals surface area contributed by atoms with Gasteiger partial charge in [-0.1, -0.05) is 6.92 Å². The van der Waals surface area contributed by atoms with Crippen molar-refractivity contribution in [3.8, 4) is 0 Å². The van der Waals surface area contributed by atoms with Gasteiger partial charge in [0, 0.05) is 0 Å². The Labute approximate surface area is 82.3 Å². The number of hydrogen-bond donors (Lipinski definition) is 0. The minimum Gasteiger partial charge on any atom is -0.298 e. The quantitative estimate of drug-likeness (QED) is 0.548. The van der Waals surface area contributed by atoms with E-state index in [1.54, 1.807) is 11.3 Å². The normalized spacial score (nSPS) is 11.8. The first-order valence-corrected chi connectivity index (χ1v) is 5.08. The molecule has 0 unspecified atom stereocenters. The van der Waals surface area contributed by atoms with Crippen molar-refractivity contribution in [2.45, 2.75) is 27.2 Å². The molecule has 1 heterocycles. The van der Waals surface area contributed by atoms with Crippen molar-refractivity contribution in [1.82, 2.24) is 4.98 Å². The van der Waals surface area contributed by atoms with Crippen molar-refractivity contribution < 1.29 is 4.79 Å². The van der Waals surface area contributed by atoms with E-state index in [1.807, 2.05) is 26.8 Å². The summed E-state index contributed by atoms with van der Waals surface area (Å²) in [6.45, 7) is 5.92. The van der Waals surface area contributed by atoms with E-state index >= 15 is 0 Å². The lowest BCUT2D eigenvalue weighted by Crippen LogP contribution is -1.81. The van der Waals surface area contributed by atoms with Crippen LogP contribution >= 0.6 is 11.3 Å². The topological polar surface area (TPSA) is 30.0 Å². The third kappa shape index (κ3) is 2.49. The van der Waals surface area contributed by atoms with Gasteiger partial charge in [0.1, 0.15) is 6.29 Å². The first-order valence-electron chi connectivity index (χ1n) is 4.27. The van der Waals surface area contributed by atoms with Crippen LogP contribution < -0.4 is 0 Å². The van der Waals surface area contributed by atoms with Crippen molar-refractivity contribution in [3.63, 3.8) is 0 Å². The SMILES string of the molecule is CC/C(C=O)=C\c1sc(C)nc1C.